The lowest BCUT2D eigenvalue weighted by atomic mass is 10.1. The minimum atomic E-state index is -1.27. The van der Waals surface area contributed by atoms with Crippen molar-refractivity contribution in [2.45, 2.75) is 37.4 Å². The van der Waals surface area contributed by atoms with Crippen LogP contribution < -0.4 is 10.3 Å². The van der Waals surface area contributed by atoms with Crippen molar-refractivity contribution in [3.63, 3.8) is 0 Å². The quantitative estimate of drug-likeness (QED) is 0.911. The van der Waals surface area contributed by atoms with Crippen LogP contribution in [0.15, 0.2) is 23.1 Å². The Morgan fingerprint density at radius 1 is 1.19 bits per heavy atom. The number of benzene rings is 1. The first-order valence-corrected chi connectivity index (χ1v) is 9.02. The molecule has 1 aromatic heterocycles. The van der Waals surface area contributed by atoms with E-state index in [0.29, 0.717) is 17.2 Å². The highest BCUT2D eigenvalue weighted by Gasteiger charge is 2.42. The van der Waals surface area contributed by atoms with Gasteiger partial charge in [-0.3, -0.25) is 9.69 Å². The zero-order valence-corrected chi connectivity index (χ0v) is 14.5. The number of halogens is 1. The predicted octanol–water partition coefficient (Wildman–Crippen LogP) is 2.07. The molecule has 2 atom stereocenters. The van der Waals surface area contributed by atoms with Crippen molar-refractivity contribution in [2.75, 3.05) is 25.0 Å². The monoisotopic (exact) mass is 357 g/mol. The first-order valence-electron chi connectivity index (χ1n) is 9.02. The summed E-state index contributed by atoms with van der Waals surface area (Å²) in [5.74, 6) is -1.72. The lowest BCUT2D eigenvalue weighted by Crippen LogP contribution is -2.44. The minimum absolute atomic E-state index is 0.152. The maximum Gasteiger partial charge on any atom is 0.341 e. The van der Waals surface area contributed by atoms with E-state index >= 15 is 0 Å². The number of aromatic nitrogens is 1. The Kier molecular flexibility index (Phi) is 3.22. The Balaban J connectivity index is 1.70. The number of hydrogen-bond acceptors (Lipinski definition) is 4. The largest absolute Gasteiger partial charge is 0.477 e. The summed E-state index contributed by atoms with van der Waals surface area (Å²) in [6.07, 6.45) is 4.35. The predicted molar refractivity (Wildman–Crippen MR) is 95.6 cm³/mol. The van der Waals surface area contributed by atoms with Crippen molar-refractivity contribution in [2.24, 2.45) is 0 Å². The van der Waals surface area contributed by atoms with Gasteiger partial charge in [0, 0.05) is 42.8 Å². The molecule has 3 fully saturated rings. The van der Waals surface area contributed by atoms with Gasteiger partial charge in [0.05, 0.1) is 11.2 Å². The van der Waals surface area contributed by atoms with Crippen molar-refractivity contribution in [1.29, 1.82) is 0 Å². The van der Waals surface area contributed by atoms with Crippen LogP contribution in [-0.2, 0) is 0 Å². The lowest BCUT2D eigenvalue weighted by molar-refractivity contribution is 0.0695. The van der Waals surface area contributed by atoms with Gasteiger partial charge in [0.25, 0.3) is 0 Å². The number of anilines is 1. The number of nitrogens with zero attached hydrogens (tertiary/aromatic N) is 3. The fourth-order valence-electron chi connectivity index (χ4n) is 4.55. The number of fused-ring (bicyclic) bond motifs is 3. The molecule has 2 aliphatic heterocycles. The molecule has 1 aromatic carbocycles. The van der Waals surface area contributed by atoms with Gasteiger partial charge in [-0.05, 0) is 38.4 Å². The molecule has 3 heterocycles. The van der Waals surface area contributed by atoms with Crippen molar-refractivity contribution in [3.8, 4) is 0 Å². The molecule has 26 heavy (non-hydrogen) atoms. The van der Waals surface area contributed by atoms with Gasteiger partial charge in [0.2, 0.25) is 5.43 Å². The number of likely N-dealkylation sites (tertiary alicyclic amines) is 1. The van der Waals surface area contributed by atoms with E-state index in [1.165, 1.54) is 12.3 Å². The molecule has 0 radical (unpaired) electrons. The molecule has 2 bridgehead atoms. The fraction of sp³-hybridized carbons (Fsp3) is 0.474. The van der Waals surface area contributed by atoms with Gasteiger partial charge >= 0.3 is 5.97 Å². The Morgan fingerprint density at radius 3 is 2.54 bits per heavy atom. The van der Waals surface area contributed by atoms with E-state index < -0.39 is 17.2 Å². The van der Waals surface area contributed by atoms with E-state index in [0.717, 1.165) is 32.4 Å². The highest BCUT2D eigenvalue weighted by Crippen LogP contribution is 2.40. The Labute approximate surface area is 149 Å². The van der Waals surface area contributed by atoms with Crippen LogP contribution >= 0.6 is 0 Å². The second-order valence-electron chi connectivity index (χ2n) is 7.77. The molecule has 0 spiro atoms. The third kappa shape index (κ3) is 2.19. The highest BCUT2D eigenvalue weighted by atomic mass is 19.1. The molecule has 1 N–H and O–H groups in total. The smallest absolute Gasteiger partial charge is 0.341 e. The van der Waals surface area contributed by atoms with E-state index in [-0.39, 0.29) is 23.0 Å². The van der Waals surface area contributed by atoms with Crippen LogP contribution in [0.3, 0.4) is 0 Å². The molecule has 6 nitrogen and oxygen atoms in total. The van der Waals surface area contributed by atoms with Gasteiger partial charge in [0.1, 0.15) is 11.4 Å². The molecule has 0 unspecified atom stereocenters. The third-order valence-corrected chi connectivity index (χ3v) is 6.10. The number of likely N-dealkylation sites (N-methyl/N-ethyl adjacent to an activating group) is 1. The summed E-state index contributed by atoms with van der Waals surface area (Å²) >= 11 is 0. The summed E-state index contributed by atoms with van der Waals surface area (Å²) in [6.45, 7) is 1.69. The van der Waals surface area contributed by atoms with E-state index in [2.05, 4.69) is 16.8 Å². The van der Waals surface area contributed by atoms with Crippen LogP contribution in [0.25, 0.3) is 10.9 Å². The van der Waals surface area contributed by atoms with Gasteiger partial charge in [-0.25, -0.2) is 9.18 Å². The van der Waals surface area contributed by atoms with Gasteiger partial charge in [-0.1, -0.05) is 0 Å². The topological polar surface area (TPSA) is 65.8 Å². The Bertz CT molecular complexity index is 996. The van der Waals surface area contributed by atoms with Crippen LogP contribution in [0.2, 0.25) is 0 Å². The number of carboxylic acid groups (broad SMARTS) is 1. The molecule has 136 valence electrons. The van der Waals surface area contributed by atoms with Gasteiger partial charge in [-0.15, -0.1) is 0 Å². The summed E-state index contributed by atoms with van der Waals surface area (Å²) in [6, 6.07) is 3.90. The molecular weight excluding hydrogens is 337 g/mol. The average molecular weight is 357 g/mol. The normalized spacial score (nSPS) is 25.4. The number of hydrogen-bond donors (Lipinski definition) is 1. The first-order chi connectivity index (χ1) is 12.4. The maximum absolute atomic E-state index is 14.9. The third-order valence-electron chi connectivity index (χ3n) is 6.10. The van der Waals surface area contributed by atoms with E-state index in [9.17, 15) is 19.1 Å². The van der Waals surface area contributed by atoms with Crippen LogP contribution in [0, 0.1) is 5.82 Å². The molecule has 3 aliphatic rings. The number of piperazine rings is 1. The van der Waals surface area contributed by atoms with E-state index in [1.54, 1.807) is 6.07 Å². The van der Waals surface area contributed by atoms with Crippen molar-refractivity contribution < 1.29 is 14.3 Å². The molecule has 2 saturated heterocycles. The zero-order chi connectivity index (χ0) is 18.2. The van der Waals surface area contributed by atoms with Crippen molar-refractivity contribution >= 4 is 22.6 Å². The highest BCUT2D eigenvalue weighted by molar-refractivity contribution is 5.93. The summed E-state index contributed by atoms with van der Waals surface area (Å²) < 4.78 is 16.8. The molecular formula is C19H20FN3O3. The van der Waals surface area contributed by atoms with Gasteiger partial charge < -0.3 is 14.6 Å². The average Bonchev–Trinajstić information content (AvgIpc) is 3.26. The second-order valence-corrected chi connectivity index (χ2v) is 7.77. The molecule has 5 rings (SSSR count). The number of aromatic carboxylic acids is 1. The molecule has 0 amide bonds. The van der Waals surface area contributed by atoms with E-state index in [4.69, 9.17) is 0 Å². The number of pyridine rings is 1. The lowest BCUT2D eigenvalue weighted by Gasteiger charge is -2.34. The first kappa shape index (κ1) is 15.8. The number of carbonyl (C=O) groups is 1. The van der Waals surface area contributed by atoms with Gasteiger partial charge in [0.15, 0.2) is 0 Å². The number of carboxylic acids is 1. The van der Waals surface area contributed by atoms with E-state index in [1.807, 2.05) is 4.57 Å². The SMILES string of the molecule is CN1C[C@H]2C[C@H]1CN2c1cc2c(cc1F)c(=O)c(C(=O)O)cn2C1CC1. The van der Waals surface area contributed by atoms with Crippen molar-refractivity contribution in [1.82, 2.24) is 9.47 Å². The molecule has 1 saturated carbocycles. The Morgan fingerprint density at radius 2 is 1.96 bits per heavy atom. The molecule has 7 heteroatoms. The molecule has 2 aromatic rings. The standard InChI is InChI=1S/C19H20FN3O3/c1-21-7-12-4-11(21)8-22(12)17-6-16-13(5-15(17)20)18(24)14(19(25)26)9-23(16)10-2-3-10/h5-6,9-12H,2-4,7-8H2,1H3,(H,25,26)/t11-,12+/m0/s1. The van der Waals surface area contributed by atoms with Crippen molar-refractivity contribution in [3.05, 3.63) is 39.9 Å². The minimum Gasteiger partial charge on any atom is -0.477 e. The summed E-state index contributed by atoms with van der Waals surface area (Å²) in [5, 5.41) is 9.48. The van der Waals surface area contributed by atoms with Crippen LogP contribution in [0.4, 0.5) is 10.1 Å². The zero-order valence-electron chi connectivity index (χ0n) is 14.5. The molecule has 1 aliphatic carbocycles. The summed E-state index contributed by atoms with van der Waals surface area (Å²) in [5.41, 5.74) is 0.251. The van der Waals surface area contributed by atoms with Gasteiger partial charge in [-0.2, -0.15) is 0 Å². The number of rotatable bonds is 3. The van der Waals surface area contributed by atoms with Crippen LogP contribution in [-0.4, -0.2) is 52.8 Å². The second kappa shape index (κ2) is 5.30. The van der Waals surface area contributed by atoms with Crippen LogP contribution in [0.5, 0.6) is 0 Å². The summed E-state index contributed by atoms with van der Waals surface area (Å²) in [7, 11) is 2.09. The summed E-state index contributed by atoms with van der Waals surface area (Å²) in [4.78, 5) is 28.4. The maximum atomic E-state index is 14.9. The fourth-order valence-corrected chi connectivity index (χ4v) is 4.55. The Hall–Kier alpha value is -2.41. The van der Waals surface area contributed by atoms with Crippen LogP contribution in [0.1, 0.15) is 35.7 Å².